The molecular formula is C24H32FN3O4S. The molecule has 1 atom stereocenters. The van der Waals surface area contributed by atoms with E-state index in [1.54, 1.807) is 50.2 Å². The van der Waals surface area contributed by atoms with E-state index in [-0.39, 0.29) is 18.5 Å². The summed E-state index contributed by atoms with van der Waals surface area (Å²) in [6.07, 6.45) is 1.37. The molecule has 0 aromatic heterocycles. The third-order valence-electron chi connectivity index (χ3n) is 5.15. The minimum Gasteiger partial charge on any atom is -0.352 e. The van der Waals surface area contributed by atoms with E-state index < -0.39 is 34.3 Å². The van der Waals surface area contributed by atoms with Gasteiger partial charge < -0.3 is 10.2 Å². The average Bonchev–Trinajstić information content (AvgIpc) is 2.72. The summed E-state index contributed by atoms with van der Waals surface area (Å²) in [5.74, 6) is -1.27. The summed E-state index contributed by atoms with van der Waals surface area (Å²) in [4.78, 5) is 27.8. The van der Waals surface area contributed by atoms with Crippen molar-refractivity contribution in [2.75, 3.05) is 17.1 Å². The Labute approximate surface area is 195 Å². The Morgan fingerprint density at radius 2 is 1.67 bits per heavy atom. The van der Waals surface area contributed by atoms with Gasteiger partial charge in [0.05, 0.1) is 11.9 Å². The predicted octanol–water partition coefficient (Wildman–Crippen LogP) is 3.23. The number of carbonyl (C=O) groups is 2. The van der Waals surface area contributed by atoms with Gasteiger partial charge in [0, 0.05) is 12.6 Å². The maximum Gasteiger partial charge on any atom is 0.244 e. The molecular weight excluding hydrogens is 445 g/mol. The second-order valence-corrected chi connectivity index (χ2v) is 10.2. The van der Waals surface area contributed by atoms with E-state index in [0.29, 0.717) is 23.2 Å². The molecule has 0 heterocycles. The first-order valence-electron chi connectivity index (χ1n) is 10.8. The van der Waals surface area contributed by atoms with E-state index in [2.05, 4.69) is 5.32 Å². The van der Waals surface area contributed by atoms with Crippen molar-refractivity contribution in [2.45, 2.75) is 52.7 Å². The van der Waals surface area contributed by atoms with Gasteiger partial charge >= 0.3 is 0 Å². The molecule has 0 aliphatic carbocycles. The summed E-state index contributed by atoms with van der Waals surface area (Å²) in [5.41, 5.74) is 1.72. The van der Waals surface area contributed by atoms with Crippen molar-refractivity contribution in [2.24, 2.45) is 0 Å². The highest BCUT2D eigenvalue weighted by Crippen LogP contribution is 2.23. The Hall–Kier alpha value is -2.94. The number of amides is 2. The molecule has 0 unspecified atom stereocenters. The van der Waals surface area contributed by atoms with Crippen LogP contribution in [-0.2, 0) is 26.2 Å². The van der Waals surface area contributed by atoms with Crippen LogP contribution in [0.5, 0.6) is 0 Å². The van der Waals surface area contributed by atoms with Crippen molar-refractivity contribution in [1.82, 2.24) is 10.2 Å². The van der Waals surface area contributed by atoms with E-state index in [1.165, 1.54) is 17.0 Å². The number of hydrogen-bond donors (Lipinski definition) is 1. The summed E-state index contributed by atoms with van der Waals surface area (Å²) in [5, 5.41) is 2.82. The normalized spacial score (nSPS) is 12.3. The van der Waals surface area contributed by atoms with Gasteiger partial charge in [-0.25, -0.2) is 12.8 Å². The number of aryl methyl sites for hydroxylation is 1. The van der Waals surface area contributed by atoms with Crippen molar-refractivity contribution in [3.05, 3.63) is 65.5 Å². The van der Waals surface area contributed by atoms with Gasteiger partial charge in [-0.05, 0) is 56.5 Å². The van der Waals surface area contributed by atoms with Crippen LogP contribution in [0.4, 0.5) is 10.1 Å². The van der Waals surface area contributed by atoms with Gasteiger partial charge in [0.25, 0.3) is 0 Å². The van der Waals surface area contributed by atoms with Crippen molar-refractivity contribution >= 4 is 27.5 Å². The summed E-state index contributed by atoms with van der Waals surface area (Å²) >= 11 is 0. The summed E-state index contributed by atoms with van der Waals surface area (Å²) in [7, 11) is -3.78. The van der Waals surface area contributed by atoms with Crippen molar-refractivity contribution in [3.63, 3.8) is 0 Å². The number of benzene rings is 2. The summed E-state index contributed by atoms with van der Waals surface area (Å²) in [6, 6.07) is 11.6. The second kappa shape index (κ2) is 11.3. The standard InChI is InChI=1S/C24H32FN3O4S/c1-6-21(24(30)26-17(2)3)27(15-19-11-13-20(25)14-12-19)23(29)16-28(33(5,31)32)22-10-8-7-9-18(22)4/h7-14,17,21H,6,15-16H2,1-5H3,(H,26,30)/t21-/m0/s1. The number of nitrogens with one attached hydrogen (secondary N) is 1. The Morgan fingerprint density at radius 1 is 1.06 bits per heavy atom. The lowest BCUT2D eigenvalue weighted by atomic mass is 10.1. The van der Waals surface area contributed by atoms with Crippen LogP contribution in [-0.4, -0.2) is 50.0 Å². The molecule has 0 saturated carbocycles. The van der Waals surface area contributed by atoms with Crippen LogP contribution in [0, 0.1) is 12.7 Å². The van der Waals surface area contributed by atoms with Gasteiger partial charge in [0.2, 0.25) is 21.8 Å². The minimum absolute atomic E-state index is 0.0362. The molecule has 180 valence electrons. The van der Waals surface area contributed by atoms with Crippen LogP contribution in [0.1, 0.15) is 38.3 Å². The molecule has 0 radical (unpaired) electrons. The number of rotatable bonds is 10. The Balaban J connectivity index is 2.44. The predicted molar refractivity (Wildman–Crippen MR) is 128 cm³/mol. The van der Waals surface area contributed by atoms with Crippen LogP contribution in [0.25, 0.3) is 0 Å². The summed E-state index contributed by atoms with van der Waals surface area (Å²) in [6.45, 7) is 6.76. The van der Waals surface area contributed by atoms with Gasteiger partial charge in [0.15, 0.2) is 0 Å². The summed E-state index contributed by atoms with van der Waals surface area (Å²) < 4.78 is 39.6. The molecule has 2 rings (SSSR count). The number of anilines is 1. The highest BCUT2D eigenvalue weighted by molar-refractivity contribution is 7.92. The van der Waals surface area contributed by atoms with E-state index in [9.17, 15) is 22.4 Å². The molecule has 0 bridgehead atoms. The number of hydrogen-bond acceptors (Lipinski definition) is 4. The highest BCUT2D eigenvalue weighted by atomic mass is 32.2. The van der Waals surface area contributed by atoms with Crippen LogP contribution in [0.3, 0.4) is 0 Å². The Morgan fingerprint density at radius 3 is 2.18 bits per heavy atom. The van der Waals surface area contributed by atoms with Gasteiger partial charge in [-0.15, -0.1) is 0 Å². The molecule has 2 aromatic carbocycles. The van der Waals surface area contributed by atoms with Crippen LogP contribution >= 0.6 is 0 Å². The maximum absolute atomic E-state index is 13.5. The molecule has 33 heavy (non-hydrogen) atoms. The molecule has 0 aliphatic rings. The zero-order valence-electron chi connectivity index (χ0n) is 19.7. The lowest BCUT2D eigenvalue weighted by molar-refractivity contribution is -0.140. The van der Waals surface area contributed by atoms with Crippen LogP contribution in [0.15, 0.2) is 48.5 Å². The fourth-order valence-corrected chi connectivity index (χ4v) is 4.43. The first-order valence-corrected chi connectivity index (χ1v) is 12.7. The first kappa shape index (κ1) is 26.3. The number of nitrogens with zero attached hydrogens (tertiary/aromatic N) is 2. The third kappa shape index (κ3) is 7.28. The van der Waals surface area contributed by atoms with Crippen molar-refractivity contribution in [3.8, 4) is 0 Å². The molecule has 2 amide bonds. The molecule has 0 saturated heterocycles. The number of halogens is 1. The van der Waals surface area contributed by atoms with Crippen molar-refractivity contribution < 1.29 is 22.4 Å². The quantitative estimate of drug-likeness (QED) is 0.569. The first-order chi connectivity index (χ1) is 15.4. The number of sulfonamides is 1. The fourth-order valence-electron chi connectivity index (χ4n) is 3.52. The molecule has 0 spiro atoms. The topological polar surface area (TPSA) is 86.8 Å². The monoisotopic (exact) mass is 477 g/mol. The zero-order valence-corrected chi connectivity index (χ0v) is 20.5. The molecule has 0 fully saturated rings. The third-order valence-corrected chi connectivity index (χ3v) is 6.27. The van der Waals surface area contributed by atoms with Crippen LogP contribution in [0.2, 0.25) is 0 Å². The van der Waals surface area contributed by atoms with E-state index in [4.69, 9.17) is 0 Å². The maximum atomic E-state index is 13.5. The zero-order chi connectivity index (χ0) is 24.8. The lowest BCUT2D eigenvalue weighted by Crippen LogP contribution is -2.53. The van der Waals surface area contributed by atoms with E-state index >= 15 is 0 Å². The largest absolute Gasteiger partial charge is 0.352 e. The fraction of sp³-hybridized carbons (Fsp3) is 0.417. The van der Waals surface area contributed by atoms with E-state index in [0.717, 1.165) is 10.6 Å². The Bertz CT molecular complexity index is 1070. The number of carbonyl (C=O) groups excluding carboxylic acids is 2. The molecule has 9 heteroatoms. The average molecular weight is 478 g/mol. The molecule has 7 nitrogen and oxygen atoms in total. The highest BCUT2D eigenvalue weighted by Gasteiger charge is 2.32. The molecule has 1 N–H and O–H groups in total. The van der Waals surface area contributed by atoms with Gasteiger partial charge in [-0.1, -0.05) is 37.3 Å². The van der Waals surface area contributed by atoms with Crippen molar-refractivity contribution in [1.29, 1.82) is 0 Å². The minimum atomic E-state index is -3.78. The number of para-hydroxylation sites is 1. The van der Waals surface area contributed by atoms with Gasteiger partial charge in [0.1, 0.15) is 18.4 Å². The lowest BCUT2D eigenvalue weighted by Gasteiger charge is -2.33. The van der Waals surface area contributed by atoms with Gasteiger partial charge in [-0.3, -0.25) is 13.9 Å². The molecule has 2 aromatic rings. The van der Waals surface area contributed by atoms with Crippen LogP contribution < -0.4 is 9.62 Å². The Kier molecular flexibility index (Phi) is 8.99. The smallest absolute Gasteiger partial charge is 0.244 e. The second-order valence-electron chi connectivity index (χ2n) is 8.29. The van der Waals surface area contributed by atoms with Gasteiger partial charge in [-0.2, -0.15) is 0 Å². The van der Waals surface area contributed by atoms with E-state index in [1.807, 2.05) is 13.8 Å². The molecule has 0 aliphatic heterocycles. The SMILES string of the molecule is CC[C@@H](C(=O)NC(C)C)N(Cc1ccc(F)cc1)C(=O)CN(c1ccccc1C)S(C)(=O)=O.